The molecule has 2 aromatic carbocycles. The Labute approximate surface area is 163 Å². The van der Waals surface area contributed by atoms with Crippen LogP contribution < -0.4 is 10.0 Å². The molecule has 0 spiro atoms. The number of rotatable bonds is 7. The highest BCUT2D eigenvalue weighted by atomic mass is 32.2. The lowest BCUT2D eigenvalue weighted by Crippen LogP contribution is -2.36. The number of carbonyl (C=O) groups excluding carboxylic acids is 2. The minimum atomic E-state index is -4.01. The normalized spacial score (nSPS) is 12.3. The zero-order chi connectivity index (χ0) is 20.9. The Bertz CT molecular complexity index is 974. The second-order valence-electron chi connectivity index (χ2n) is 6.22. The smallest absolute Gasteiger partial charge is 0.321 e. The number of carbonyl (C=O) groups is 2. The summed E-state index contributed by atoms with van der Waals surface area (Å²) in [4.78, 5) is 23.9. The second kappa shape index (κ2) is 8.94. The molecular formula is C19H21FN2O5S. The van der Waals surface area contributed by atoms with E-state index in [4.69, 9.17) is 4.74 Å². The molecule has 0 aromatic heterocycles. The van der Waals surface area contributed by atoms with E-state index >= 15 is 0 Å². The number of aryl methyl sites for hydroxylation is 2. The number of benzene rings is 2. The standard InChI is InChI=1S/C19H21FN2O5S/c1-12-4-5-13(2)17(10-12)22-19(24)14(3)27-18(23)11-21-28(25,26)16-8-6-15(20)7-9-16/h4-10,14,21H,11H2,1-3H3,(H,22,24)/t14-/m0/s1. The van der Waals surface area contributed by atoms with Gasteiger partial charge in [0.25, 0.3) is 5.91 Å². The van der Waals surface area contributed by atoms with Crippen LogP contribution in [0.3, 0.4) is 0 Å². The Morgan fingerprint density at radius 1 is 1.11 bits per heavy atom. The van der Waals surface area contributed by atoms with Crippen LogP contribution in [0.2, 0.25) is 0 Å². The maximum absolute atomic E-state index is 12.9. The quantitative estimate of drug-likeness (QED) is 0.685. The molecule has 0 aliphatic rings. The van der Waals surface area contributed by atoms with Crippen molar-refractivity contribution in [1.29, 1.82) is 0 Å². The van der Waals surface area contributed by atoms with Gasteiger partial charge in [0.2, 0.25) is 10.0 Å². The lowest BCUT2D eigenvalue weighted by molar-refractivity contribution is -0.151. The van der Waals surface area contributed by atoms with Gasteiger partial charge in [0.15, 0.2) is 6.10 Å². The van der Waals surface area contributed by atoms with Gasteiger partial charge in [0.1, 0.15) is 12.4 Å². The number of hydrogen-bond acceptors (Lipinski definition) is 5. The maximum Gasteiger partial charge on any atom is 0.321 e. The third-order valence-corrected chi connectivity index (χ3v) is 5.28. The molecule has 0 saturated heterocycles. The summed E-state index contributed by atoms with van der Waals surface area (Å²) in [6, 6.07) is 9.68. The van der Waals surface area contributed by atoms with E-state index in [1.54, 1.807) is 6.07 Å². The summed E-state index contributed by atoms with van der Waals surface area (Å²) in [5.74, 6) is -2.04. The number of nitrogens with one attached hydrogen (secondary N) is 2. The monoisotopic (exact) mass is 408 g/mol. The third kappa shape index (κ3) is 5.86. The van der Waals surface area contributed by atoms with Gasteiger partial charge in [-0.3, -0.25) is 9.59 Å². The second-order valence-corrected chi connectivity index (χ2v) is 7.99. The zero-order valence-corrected chi connectivity index (χ0v) is 16.5. The SMILES string of the molecule is Cc1ccc(C)c(NC(=O)[C@H](C)OC(=O)CNS(=O)(=O)c2ccc(F)cc2)c1. The van der Waals surface area contributed by atoms with Gasteiger partial charge in [0.05, 0.1) is 4.90 Å². The molecule has 0 heterocycles. The van der Waals surface area contributed by atoms with Crippen LogP contribution in [0.4, 0.5) is 10.1 Å². The van der Waals surface area contributed by atoms with Crippen LogP contribution in [0.1, 0.15) is 18.1 Å². The molecule has 1 atom stereocenters. The maximum atomic E-state index is 12.9. The molecule has 1 amide bonds. The molecule has 9 heteroatoms. The van der Waals surface area contributed by atoms with E-state index in [1.807, 2.05) is 30.7 Å². The first-order valence-electron chi connectivity index (χ1n) is 8.41. The minimum absolute atomic E-state index is 0.192. The molecule has 0 aliphatic heterocycles. The van der Waals surface area contributed by atoms with Gasteiger partial charge >= 0.3 is 5.97 Å². The van der Waals surface area contributed by atoms with E-state index in [9.17, 15) is 22.4 Å². The van der Waals surface area contributed by atoms with Gasteiger partial charge in [-0.25, -0.2) is 12.8 Å². The topological polar surface area (TPSA) is 102 Å². The molecule has 2 aromatic rings. The predicted molar refractivity (Wildman–Crippen MR) is 102 cm³/mol. The minimum Gasteiger partial charge on any atom is -0.452 e. The fourth-order valence-electron chi connectivity index (χ4n) is 2.25. The van der Waals surface area contributed by atoms with Crippen LogP contribution in [0.5, 0.6) is 0 Å². The van der Waals surface area contributed by atoms with Crippen molar-refractivity contribution in [3.05, 3.63) is 59.4 Å². The summed E-state index contributed by atoms with van der Waals surface area (Å²) in [6.45, 7) is 4.43. The Kier molecular flexibility index (Phi) is 6.87. The summed E-state index contributed by atoms with van der Waals surface area (Å²) in [5, 5.41) is 2.67. The average molecular weight is 408 g/mol. The molecule has 0 radical (unpaired) electrons. The average Bonchev–Trinajstić information content (AvgIpc) is 2.63. The zero-order valence-electron chi connectivity index (χ0n) is 15.7. The Balaban J connectivity index is 1.90. The van der Waals surface area contributed by atoms with Gasteiger partial charge in [-0.05, 0) is 62.2 Å². The molecule has 0 unspecified atom stereocenters. The van der Waals surface area contributed by atoms with Gasteiger partial charge in [-0.1, -0.05) is 12.1 Å². The van der Waals surface area contributed by atoms with E-state index in [1.165, 1.54) is 6.92 Å². The highest BCUT2D eigenvalue weighted by Crippen LogP contribution is 2.17. The Morgan fingerprint density at radius 3 is 2.39 bits per heavy atom. The van der Waals surface area contributed by atoms with Gasteiger partial charge in [-0.15, -0.1) is 0 Å². The first kappa shape index (κ1) is 21.5. The van der Waals surface area contributed by atoms with Crippen LogP contribution >= 0.6 is 0 Å². The Hall–Kier alpha value is -2.78. The van der Waals surface area contributed by atoms with E-state index < -0.39 is 40.4 Å². The van der Waals surface area contributed by atoms with Gasteiger partial charge < -0.3 is 10.1 Å². The molecule has 0 saturated carbocycles. The fraction of sp³-hybridized carbons (Fsp3) is 0.263. The Morgan fingerprint density at radius 2 is 1.75 bits per heavy atom. The van der Waals surface area contributed by atoms with Crippen LogP contribution in [0, 0.1) is 19.7 Å². The first-order valence-corrected chi connectivity index (χ1v) is 9.89. The lowest BCUT2D eigenvalue weighted by atomic mass is 10.1. The predicted octanol–water partition coefficient (Wildman–Crippen LogP) is 2.29. The fourth-order valence-corrected chi connectivity index (χ4v) is 3.22. The summed E-state index contributed by atoms with van der Waals surface area (Å²) < 4.78 is 44.0. The number of sulfonamides is 1. The lowest BCUT2D eigenvalue weighted by Gasteiger charge is -2.15. The van der Waals surface area contributed by atoms with Crippen LogP contribution in [-0.2, 0) is 24.3 Å². The van der Waals surface area contributed by atoms with Crippen molar-refractivity contribution in [1.82, 2.24) is 4.72 Å². The van der Waals surface area contributed by atoms with E-state index in [-0.39, 0.29) is 4.90 Å². The molecule has 0 bridgehead atoms. The largest absolute Gasteiger partial charge is 0.452 e. The summed E-state index contributed by atoms with van der Waals surface area (Å²) in [6.07, 6.45) is -1.12. The number of anilines is 1. The number of hydrogen-bond donors (Lipinski definition) is 2. The molecule has 7 nitrogen and oxygen atoms in total. The molecule has 28 heavy (non-hydrogen) atoms. The molecular weight excluding hydrogens is 387 g/mol. The van der Waals surface area contributed by atoms with Crippen molar-refractivity contribution >= 4 is 27.6 Å². The van der Waals surface area contributed by atoms with E-state index in [0.717, 1.165) is 35.4 Å². The first-order chi connectivity index (χ1) is 13.1. The number of esters is 1. The van der Waals surface area contributed by atoms with Gasteiger partial charge in [-0.2, -0.15) is 4.72 Å². The molecule has 2 rings (SSSR count). The molecule has 0 fully saturated rings. The van der Waals surface area contributed by atoms with Crippen molar-refractivity contribution in [2.24, 2.45) is 0 Å². The highest BCUT2D eigenvalue weighted by Gasteiger charge is 2.21. The summed E-state index contributed by atoms with van der Waals surface area (Å²) in [7, 11) is -4.01. The molecule has 0 aliphatic carbocycles. The van der Waals surface area contributed by atoms with Crippen molar-refractivity contribution in [3.63, 3.8) is 0 Å². The third-order valence-electron chi connectivity index (χ3n) is 3.86. The van der Waals surface area contributed by atoms with Crippen molar-refractivity contribution in [2.45, 2.75) is 31.8 Å². The number of amides is 1. The summed E-state index contributed by atoms with van der Waals surface area (Å²) in [5.41, 5.74) is 2.41. The van der Waals surface area contributed by atoms with Crippen LogP contribution in [0.25, 0.3) is 0 Å². The summed E-state index contributed by atoms with van der Waals surface area (Å²) >= 11 is 0. The highest BCUT2D eigenvalue weighted by molar-refractivity contribution is 7.89. The van der Waals surface area contributed by atoms with Crippen molar-refractivity contribution in [2.75, 3.05) is 11.9 Å². The molecule has 150 valence electrons. The van der Waals surface area contributed by atoms with Crippen LogP contribution in [-0.4, -0.2) is 32.9 Å². The van der Waals surface area contributed by atoms with Gasteiger partial charge in [0, 0.05) is 5.69 Å². The number of ether oxygens (including phenoxy) is 1. The van der Waals surface area contributed by atoms with Crippen molar-refractivity contribution < 1.29 is 27.1 Å². The van der Waals surface area contributed by atoms with E-state index in [0.29, 0.717) is 5.69 Å². The van der Waals surface area contributed by atoms with Crippen molar-refractivity contribution in [3.8, 4) is 0 Å². The van der Waals surface area contributed by atoms with Crippen LogP contribution in [0.15, 0.2) is 47.4 Å². The molecule has 2 N–H and O–H groups in total. The number of halogens is 1. The van der Waals surface area contributed by atoms with E-state index in [2.05, 4.69) is 5.32 Å².